The second kappa shape index (κ2) is 4.81. The Morgan fingerprint density at radius 1 is 1.35 bits per heavy atom. The van der Waals surface area contributed by atoms with Crippen LogP contribution in [0.25, 0.3) is 0 Å². The van der Waals surface area contributed by atoms with Crippen LogP contribution in [0.15, 0.2) is 6.33 Å². The number of hydrogen-bond acceptors (Lipinski definition) is 3. The lowest BCUT2D eigenvalue weighted by atomic mass is 9.73. The van der Waals surface area contributed by atoms with Crippen molar-refractivity contribution in [3.63, 3.8) is 0 Å². The fourth-order valence-corrected chi connectivity index (χ4v) is 2.63. The van der Waals surface area contributed by atoms with Gasteiger partial charge < -0.3 is 5.32 Å². The van der Waals surface area contributed by atoms with Gasteiger partial charge in [-0.25, -0.2) is 9.97 Å². The van der Waals surface area contributed by atoms with Gasteiger partial charge in [-0.05, 0) is 25.2 Å². The summed E-state index contributed by atoms with van der Waals surface area (Å²) in [5.74, 6) is 0.880. The minimum atomic E-state index is 0.322. The molecule has 0 aliphatic heterocycles. The Labute approximate surface area is 108 Å². The molecule has 1 aromatic rings. The summed E-state index contributed by atoms with van der Waals surface area (Å²) < 4.78 is 0. The molecule has 94 valence electrons. The molecule has 4 heteroatoms. The molecule has 1 N–H and O–H groups in total. The largest absolute Gasteiger partial charge is 0.366 e. The minimum Gasteiger partial charge on any atom is -0.366 e. The van der Waals surface area contributed by atoms with Crippen molar-refractivity contribution >= 4 is 17.4 Å². The van der Waals surface area contributed by atoms with Gasteiger partial charge in [-0.15, -0.1) is 0 Å². The van der Waals surface area contributed by atoms with Crippen LogP contribution in [0, 0.1) is 12.3 Å². The zero-order valence-electron chi connectivity index (χ0n) is 10.8. The maximum atomic E-state index is 6.01. The standard InChI is InChI=1S/C13H20ClN3/c1-9-11(14)15-8-16-12(9)17-10-6-4-5-7-13(10,2)3/h8,10H,4-7H2,1-3H3,(H,15,16,17). The van der Waals surface area contributed by atoms with E-state index in [1.165, 1.54) is 32.0 Å². The number of anilines is 1. The van der Waals surface area contributed by atoms with Crippen LogP contribution >= 0.6 is 11.6 Å². The molecule has 1 heterocycles. The van der Waals surface area contributed by atoms with Crippen LogP contribution in [0.4, 0.5) is 5.82 Å². The van der Waals surface area contributed by atoms with Crippen molar-refractivity contribution in [1.82, 2.24) is 9.97 Å². The van der Waals surface area contributed by atoms with Gasteiger partial charge in [0.15, 0.2) is 0 Å². The predicted octanol–water partition coefficient (Wildman–Crippen LogP) is 3.82. The number of aromatic nitrogens is 2. The molecule has 0 aromatic carbocycles. The zero-order valence-corrected chi connectivity index (χ0v) is 11.5. The third kappa shape index (κ3) is 2.71. The van der Waals surface area contributed by atoms with Crippen LogP contribution in [0.1, 0.15) is 45.1 Å². The molecular weight excluding hydrogens is 234 g/mol. The van der Waals surface area contributed by atoms with Crippen molar-refractivity contribution in [2.75, 3.05) is 5.32 Å². The number of hydrogen-bond donors (Lipinski definition) is 1. The fourth-order valence-electron chi connectivity index (χ4n) is 2.50. The molecule has 0 amide bonds. The highest BCUT2D eigenvalue weighted by molar-refractivity contribution is 6.30. The molecule has 1 atom stereocenters. The monoisotopic (exact) mass is 253 g/mol. The quantitative estimate of drug-likeness (QED) is 0.815. The van der Waals surface area contributed by atoms with Crippen LogP contribution in [0.5, 0.6) is 0 Å². The lowest BCUT2D eigenvalue weighted by molar-refractivity contribution is 0.216. The van der Waals surface area contributed by atoms with E-state index >= 15 is 0 Å². The molecule has 1 aromatic heterocycles. The maximum absolute atomic E-state index is 6.01. The molecule has 0 radical (unpaired) electrons. The molecule has 1 unspecified atom stereocenters. The Kier molecular flexibility index (Phi) is 3.57. The first-order valence-electron chi connectivity index (χ1n) is 6.24. The van der Waals surface area contributed by atoms with Crippen LogP contribution in [-0.2, 0) is 0 Å². The third-order valence-corrected chi connectivity index (χ3v) is 4.22. The maximum Gasteiger partial charge on any atom is 0.137 e. The van der Waals surface area contributed by atoms with Gasteiger partial charge in [0.2, 0.25) is 0 Å². The van der Waals surface area contributed by atoms with Gasteiger partial charge in [0, 0.05) is 11.6 Å². The van der Waals surface area contributed by atoms with Crippen molar-refractivity contribution in [1.29, 1.82) is 0 Å². The Morgan fingerprint density at radius 2 is 2.12 bits per heavy atom. The molecule has 1 aliphatic rings. The summed E-state index contributed by atoms with van der Waals surface area (Å²) in [7, 11) is 0. The second-order valence-corrected chi connectivity index (χ2v) is 5.93. The Morgan fingerprint density at radius 3 is 2.82 bits per heavy atom. The van der Waals surface area contributed by atoms with E-state index < -0.39 is 0 Å². The predicted molar refractivity (Wildman–Crippen MR) is 71.4 cm³/mol. The van der Waals surface area contributed by atoms with E-state index in [-0.39, 0.29) is 0 Å². The smallest absolute Gasteiger partial charge is 0.137 e. The van der Waals surface area contributed by atoms with Crippen molar-refractivity contribution in [2.45, 2.75) is 52.5 Å². The topological polar surface area (TPSA) is 37.8 Å². The lowest BCUT2D eigenvalue weighted by Gasteiger charge is -2.39. The number of nitrogens with one attached hydrogen (secondary N) is 1. The summed E-state index contributed by atoms with van der Waals surface area (Å²) in [5, 5.41) is 4.08. The number of nitrogens with zero attached hydrogens (tertiary/aromatic N) is 2. The Balaban J connectivity index is 2.17. The van der Waals surface area contributed by atoms with Crippen molar-refractivity contribution < 1.29 is 0 Å². The number of rotatable bonds is 2. The molecular formula is C13H20ClN3. The van der Waals surface area contributed by atoms with E-state index in [1.807, 2.05) is 6.92 Å². The van der Waals surface area contributed by atoms with Crippen molar-refractivity contribution in [3.05, 3.63) is 17.0 Å². The highest BCUT2D eigenvalue weighted by Crippen LogP contribution is 2.37. The molecule has 1 aliphatic carbocycles. The van der Waals surface area contributed by atoms with Crippen molar-refractivity contribution in [2.24, 2.45) is 5.41 Å². The van der Waals surface area contributed by atoms with E-state index in [0.717, 1.165) is 11.4 Å². The average molecular weight is 254 g/mol. The van der Waals surface area contributed by atoms with Gasteiger partial charge in [-0.2, -0.15) is 0 Å². The highest BCUT2D eigenvalue weighted by Gasteiger charge is 2.32. The zero-order chi connectivity index (χ0) is 12.5. The highest BCUT2D eigenvalue weighted by atomic mass is 35.5. The first kappa shape index (κ1) is 12.6. The van der Waals surface area contributed by atoms with E-state index in [9.17, 15) is 0 Å². The molecule has 2 rings (SSSR count). The molecule has 0 bridgehead atoms. The van der Waals surface area contributed by atoms with Gasteiger partial charge in [-0.3, -0.25) is 0 Å². The summed E-state index contributed by atoms with van der Waals surface area (Å²) >= 11 is 6.01. The van der Waals surface area contributed by atoms with Gasteiger partial charge >= 0.3 is 0 Å². The first-order chi connectivity index (χ1) is 8.00. The Bertz CT molecular complexity index is 404. The molecule has 17 heavy (non-hydrogen) atoms. The molecule has 3 nitrogen and oxygen atoms in total. The van der Waals surface area contributed by atoms with E-state index in [4.69, 9.17) is 11.6 Å². The fraction of sp³-hybridized carbons (Fsp3) is 0.692. The molecule has 0 saturated heterocycles. The second-order valence-electron chi connectivity index (χ2n) is 5.57. The van der Waals surface area contributed by atoms with Crippen LogP contribution in [0.2, 0.25) is 5.15 Å². The summed E-state index contributed by atoms with van der Waals surface area (Å²) in [4.78, 5) is 8.28. The first-order valence-corrected chi connectivity index (χ1v) is 6.62. The summed E-state index contributed by atoms with van der Waals surface area (Å²) in [5.41, 5.74) is 1.26. The lowest BCUT2D eigenvalue weighted by Crippen LogP contribution is -2.39. The van der Waals surface area contributed by atoms with Crippen molar-refractivity contribution in [3.8, 4) is 0 Å². The Hall–Kier alpha value is -0.830. The summed E-state index contributed by atoms with van der Waals surface area (Å²) in [6, 6.07) is 0.473. The number of halogens is 1. The molecule has 1 saturated carbocycles. The molecule has 0 spiro atoms. The van der Waals surface area contributed by atoms with Crippen LogP contribution < -0.4 is 5.32 Å². The van der Waals surface area contributed by atoms with E-state index in [2.05, 4.69) is 29.1 Å². The summed E-state index contributed by atoms with van der Waals surface area (Å²) in [6.45, 7) is 6.60. The van der Waals surface area contributed by atoms with Crippen LogP contribution in [0.3, 0.4) is 0 Å². The minimum absolute atomic E-state index is 0.322. The SMILES string of the molecule is Cc1c(Cl)ncnc1NC1CCCCC1(C)C. The van der Waals surface area contributed by atoms with Gasteiger partial charge in [-0.1, -0.05) is 38.3 Å². The average Bonchev–Trinajstić information content (AvgIpc) is 2.27. The van der Waals surface area contributed by atoms with Crippen LogP contribution in [-0.4, -0.2) is 16.0 Å². The van der Waals surface area contributed by atoms with Gasteiger partial charge in [0.1, 0.15) is 17.3 Å². The van der Waals surface area contributed by atoms with E-state index in [1.54, 1.807) is 0 Å². The third-order valence-electron chi connectivity index (χ3n) is 3.84. The van der Waals surface area contributed by atoms with Gasteiger partial charge in [0.25, 0.3) is 0 Å². The molecule has 1 fully saturated rings. The normalized spacial score (nSPS) is 23.4. The van der Waals surface area contributed by atoms with Gasteiger partial charge in [0.05, 0.1) is 0 Å². The van der Waals surface area contributed by atoms with E-state index in [0.29, 0.717) is 16.6 Å². The summed E-state index contributed by atoms with van der Waals surface area (Å²) in [6.07, 6.45) is 6.61.